The van der Waals surface area contributed by atoms with Crippen LogP contribution in [-0.4, -0.2) is 43.1 Å². The van der Waals surface area contributed by atoms with Crippen molar-refractivity contribution < 1.29 is 23.5 Å². The number of rotatable bonds is 9. The molecule has 0 aliphatic rings. The largest absolute Gasteiger partial charge is 0.444 e. The molecule has 0 heterocycles. The lowest BCUT2D eigenvalue weighted by molar-refractivity contribution is -0.120. The molecular weight excluding hydrogens is 365 g/mol. The number of halogens is 1. The molecule has 3 amide bonds. The fourth-order valence-electron chi connectivity index (χ4n) is 2.04. The zero-order valence-corrected chi connectivity index (χ0v) is 16.5. The minimum absolute atomic E-state index is 0.136. The Morgan fingerprint density at radius 3 is 2.39 bits per heavy atom. The fourth-order valence-corrected chi connectivity index (χ4v) is 2.04. The molecule has 0 fully saturated rings. The van der Waals surface area contributed by atoms with Crippen molar-refractivity contribution in [2.45, 2.75) is 39.2 Å². The summed E-state index contributed by atoms with van der Waals surface area (Å²) in [6.07, 6.45) is 2.79. The van der Waals surface area contributed by atoms with Crippen molar-refractivity contribution in [3.63, 3.8) is 0 Å². The van der Waals surface area contributed by atoms with Crippen LogP contribution in [0.3, 0.4) is 0 Å². The second-order valence-corrected chi connectivity index (χ2v) is 7.03. The Morgan fingerprint density at radius 2 is 1.71 bits per heavy atom. The molecule has 0 aliphatic carbocycles. The first kappa shape index (κ1) is 23.1. The van der Waals surface area contributed by atoms with E-state index in [2.05, 4.69) is 16.0 Å². The van der Waals surface area contributed by atoms with Crippen molar-refractivity contribution >= 4 is 24.0 Å². The molecule has 0 radical (unpaired) electrons. The number of carbonyl (C=O) groups is 3. The second kappa shape index (κ2) is 11.7. The number of nitrogens with one attached hydrogen (secondary N) is 3. The van der Waals surface area contributed by atoms with E-state index in [4.69, 9.17) is 4.74 Å². The van der Waals surface area contributed by atoms with Gasteiger partial charge in [0.2, 0.25) is 11.8 Å². The normalized spacial score (nSPS) is 11.1. The van der Waals surface area contributed by atoms with Gasteiger partial charge in [-0.15, -0.1) is 0 Å². The van der Waals surface area contributed by atoms with E-state index in [-0.39, 0.29) is 24.8 Å². The third-order valence-corrected chi connectivity index (χ3v) is 3.31. The summed E-state index contributed by atoms with van der Waals surface area (Å²) in [5.41, 5.74) is -0.244. The number of hydrogen-bond acceptors (Lipinski definition) is 4. The van der Waals surface area contributed by atoms with Crippen LogP contribution in [0.1, 0.15) is 39.2 Å². The van der Waals surface area contributed by atoms with Crippen molar-refractivity contribution in [2.24, 2.45) is 0 Å². The minimum Gasteiger partial charge on any atom is -0.444 e. The summed E-state index contributed by atoms with van der Waals surface area (Å²) in [7, 11) is 0. The Balaban J connectivity index is 2.10. The van der Waals surface area contributed by atoms with Crippen LogP contribution in [0, 0.1) is 5.82 Å². The van der Waals surface area contributed by atoms with Gasteiger partial charge in [0, 0.05) is 37.7 Å². The van der Waals surface area contributed by atoms with E-state index < -0.39 is 17.5 Å². The minimum atomic E-state index is -0.582. The van der Waals surface area contributed by atoms with E-state index in [1.807, 2.05) is 0 Å². The lowest BCUT2D eigenvalue weighted by atomic mass is 10.2. The lowest BCUT2D eigenvalue weighted by Gasteiger charge is -2.19. The van der Waals surface area contributed by atoms with Gasteiger partial charge < -0.3 is 20.7 Å². The van der Waals surface area contributed by atoms with Crippen LogP contribution < -0.4 is 16.0 Å². The Labute approximate surface area is 164 Å². The predicted molar refractivity (Wildman–Crippen MR) is 105 cm³/mol. The second-order valence-electron chi connectivity index (χ2n) is 7.03. The standard InChI is InChI=1S/C20H28FN3O4/c1-20(2,3)28-19(27)24-14-11-18(26)23-13-6-12-22-17(25)10-9-15-7-4-5-8-16(15)21/h4-5,7-10H,6,11-14H2,1-3H3,(H,22,25)(H,23,26)(H,24,27)/b10-9+. The number of carbonyl (C=O) groups excluding carboxylic acids is 3. The first-order valence-corrected chi connectivity index (χ1v) is 9.11. The van der Waals surface area contributed by atoms with Crippen molar-refractivity contribution in [1.29, 1.82) is 0 Å². The van der Waals surface area contributed by atoms with Gasteiger partial charge in [0.15, 0.2) is 0 Å². The first-order valence-electron chi connectivity index (χ1n) is 9.11. The quantitative estimate of drug-likeness (QED) is 0.443. The maximum absolute atomic E-state index is 13.4. The summed E-state index contributed by atoms with van der Waals surface area (Å²) in [5.74, 6) is -0.937. The number of benzene rings is 1. The number of ether oxygens (including phenoxy) is 1. The summed E-state index contributed by atoms with van der Waals surface area (Å²) in [5, 5.41) is 7.85. The van der Waals surface area contributed by atoms with E-state index in [0.29, 0.717) is 25.1 Å². The lowest BCUT2D eigenvalue weighted by Crippen LogP contribution is -2.35. The average Bonchev–Trinajstić information content (AvgIpc) is 2.59. The van der Waals surface area contributed by atoms with Crippen LogP contribution >= 0.6 is 0 Å². The summed E-state index contributed by atoms with van der Waals surface area (Å²) in [4.78, 5) is 34.8. The number of amides is 3. The summed E-state index contributed by atoms with van der Waals surface area (Å²) >= 11 is 0. The van der Waals surface area contributed by atoms with Gasteiger partial charge in [-0.2, -0.15) is 0 Å². The predicted octanol–water partition coefficient (Wildman–Crippen LogP) is 2.38. The molecule has 0 unspecified atom stereocenters. The smallest absolute Gasteiger partial charge is 0.407 e. The molecule has 0 atom stereocenters. The highest BCUT2D eigenvalue weighted by atomic mass is 19.1. The van der Waals surface area contributed by atoms with Gasteiger partial charge in [-0.05, 0) is 39.3 Å². The van der Waals surface area contributed by atoms with E-state index in [1.165, 1.54) is 18.2 Å². The van der Waals surface area contributed by atoms with Crippen molar-refractivity contribution in [3.8, 4) is 0 Å². The van der Waals surface area contributed by atoms with Crippen LogP contribution in [0.15, 0.2) is 30.3 Å². The molecule has 8 heteroatoms. The molecule has 28 heavy (non-hydrogen) atoms. The van der Waals surface area contributed by atoms with Gasteiger partial charge in [-0.1, -0.05) is 18.2 Å². The molecule has 1 aromatic rings. The van der Waals surface area contributed by atoms with Crippen molar-refractivity contribution in [2.75, 3.05) is 19.6 Å². The molecule has 0 aliphatic heterocycles. The molecule has 0 saturated carbocycles. The molecule has 1 aromatic carbocycles. The zero-order valence-electron chi connectivity index (χ0n) is 16.5. The highest BCUT2D eigenvalue weighted by molar-refractivity contribution is 5.91. The molecule has 3 N–H and O–H groups in total. The maximum Gasteiger partial charge on any atom is 0.407 e. The molecule has 0 aromatic heterocycles. The van der Waals surface area contributed by atoms with E-state index in [0.717, 1.165) is 0 Å². The SMILES string of the molecule is CC(C)(C)OC(=O)NCCC(=O)NCCCNC(=O)/C=C/c1ccccc1F. The molecular formula is C20H28FN3O4. The molecule has 0 spiro atoms. The Bertz CT molecular complexity index is 699. The third kappa shape index (κ3) is 10.9. The van der Waals surface area contributed by atoms with E-state index in [9.17, 15) is 18.8 Å². The topological polar surface area (TPSA) is 96.5 Å². The van der Waals surface area contributed by atoms with Crippen LogP contribution in [0.2, 0.25) is 0 Å². The highest BCUT2D eigenvalue weighted by Gasteiger charge is 2.15. The summed E-state index contributed by atoms with van der Waals surface area (Å²) in [6, 6.07) is 6.16. The molecule has 154 valence electrons. The Kier molecular flexibility index (Phi) is 9.70. The van der Waals surface area contributed by atoms with Gasteiger partial charge in [-0.25, -0.2) is 9.18 Å². The van der Waals surface area contributed by atoms with Gasteiger partial charge in [0.05, 0.1) is 0 Å². The van der Waals surface area contributed by atoms with E-state index >= 15 is 0 Å². The van der Waals surface area contributed by atoms with Crippen LogP contribution in [0.5, 0.6) is 0 Å². The Hall–Kier alpha value is -2.90. The van der Waals surface area contributed by atoms with Gasteiger partial charge >= 0.3 is 6.09 Å². The van der Waals surface area contributed by atoms with Gasteiger partial charge in [0.1, 0.15) is 11.4 Å². The van der Waals surface area contributed by atoms with Crippen LogP contribution in [-0.2, 0) is 14.3 Å². The van der Waals surface area contributed by atoms with Crippen LogP contribution in [0.25, 0.3) is 6.08 Å². The van der Waals surface area contributed by atoms with Gasteiger partial charge in [-0.3, -0.25) is 9.59 Å². The molecule has 0 bridgehead atoms. The fraction of sp³-hybridized carbons (Fsp3) is 0.450. The molecule has 0 saturated heterocycles. The highest BCUT2D eigenvalue weighted by Crippen LogP contribution is 2.08. The molecule has 1 rings (SSSR count). The van der Waals surface area contributed by atoms with Gasteiger partial charge in [0.25, 0.3) is 0 Å². The first-order chi connectivity index (χ1) is 13.2. The van der Waals surface area contributed by atoms with E-state index in [1.54, 1.807) is 39.0 Å². The third-order valence-electron chi connectivity index (χ3n) is 3.31. The van der Waals surface area contributed by atoms with Crippen molar-refractivity contribution in [1.82, 2.24) is 16.0 Å². The summed E-state index contributed by atoms with van der Waals surface area (Å²) in [6.45, 7) is 6.22. The monoisotopic (exact) mass is 393 g/mol. The summed E-state index contributed by atoms with van der Waals surface area (Å²) < 4.78 is 18.5. The van der Waals surface area contributed by atoms with Crippen LogP contribution in [0.4, 0.5) is 9.18 Å². The molecule has 7 nitrogen and oxygen atoms in total. The van der Waals surface area contributed by atoms with Crippen molar-refractivity contribution in [3.05, 3.63) is 41.7 Å². The average molecular weight is 393 g/mol. The maximum atomic E-state index is 13.4. The Morgan fingerprint density at radius 1 is 1.04 bits per heavy atom. The number of alkyl carbamates (subject to hydrolysis) is 1. The zero-order chi connectivity index (χ0) is 21.0. The number of hydrogen-bond donors (Lipinski definition) is 3.